The summed E-state index contributed by atoms with van der Waals surface area (Å²) in [5.74, 6) is 0.710. The number of hydrogen-bond donors (Lipinski definition) is 0. The Hall–Kier alpha value is -2.11. The Labute approximate surface area is 155 Å². The molecule has 0 N–H and O–H groups in total. The maximum absolute atomic E-state index is 12.9. The lowest BCUT2D eigenvalue weighted by Gasteiger charge is -2.37. The molecule has 2 aliphatic rings. The van der Waals surface area contributed by atoms with Crippen molar-refractivity contribution in [1.29, 1.82) is 0 Å². The van der Waals surface area contributed by atoms with Crippen molar-refractivity contribution in [2.75, 3.05) is 11.4 Å². The zero-order valence-electron chi connectivity index (χ0n) is 16.2. The van der Waals surface area contributed by atoms with Crippen molar-refractivity contribution < 1.29 is 14.3 Å². The molecule has 1 aromatic heterocycles. The normalized spacial score (nSPS) is 20.6. The average Bonchev–Trinajstić information content (AvgIpc) is 3.39. The van der Waals surface area contributed by atoms with Gasteiger partial charge in [0.1, 0.15) is 11.4 Å². The highest BCUT2D eigenvalue weighted by Crippen LogP contribution is 2.39. The molecule has 1 aliphatic carbocycles. The van der Waals surface area contributed by atoms with E-state index in [2.05, 4.69) is 4.98 Å². The molecule has 0 spiro atoms. The molecule has 1 atom stereocenters. The molecule has 0 radical (unpaired) electrons. The van der Waals surface area contributed by atoms with Crippen LogP contribution >= 0.6 is 0 Å². The maximum atomic E-state index is 12.9. The molecular formula is C20H29N3O3. The summed E-state index contributed by atoms with van der Waals surface area (Å²) in [4.78, 5) is 33.2. The van der Waals surface area contributed by atoms with E-state index in [1.807, 2.05) is 37.8 Å². The molecule has 0 bridgehead atoms. The van der Waals surface area contributed by atoms with Gasteiger partial charge < -0.3 is 9.64 Å². The van der Waals surface area contributed by atoms with Crippen LogP contribution in [0.3, 0.4) is 0 Å². The van der Waals surface area contributed by atoms with Gasteiger partial charge in [-0.15, -0.1) is 0 Å². The van der Waals surface area contributed by atoms with Crippen molar-refractivity contribution in [2.45, 2.75) is 77.5 Å². The minimum Gasteiger partial charge on any atom is -0.443 e. The Balaban J connectivity index is 1.96. The molecule has 0 aromatic carbocycles. The van der Waals surface area contributed by atoms with Crippen molar-refractivity contribution in [3.63, 3.8) is 0 Å². The van der Waals surface area contributed by atoms with Gasteiger partial charge in [0.25, 0.3) is 0 Å². The molecule has 6 heteroatoms. The Morgan fingerprint density at radius 1 is 1.23 bits per heavy atom. The molecule has 1 aromatic rings. The minimum absolute atomic E-state index is 0.0337. The summed E-state index contributed by atoms with van der Waals surface area (Å²) >= 11 is 0. The molecular weight excluding hydrogens is 330 g/mol. The van der Waals surface area contributed by atoms with Crippen molar-refractivity contribution in [1.82, 2.24) is 9.88 Å². The van der Waals surface area contributed by atoms with Crippen molar-refractivity contribution >= 4 is 17.8 Å². The highest BCUT2D eigenvalue weighted by molar-refractivity contribution is 5.89. The fourth-order valence-corrected chi connectivity index (χ4v) is 3.55. The van der Waals surface area contributed by atoms with Gasteiger partial charge in [0, 0.05) is 31.3 Å². The SMILES string of the molecule is CC(=O)N1CCCCC1c1cccnc1N(C(=O)OC(C)(C)C)C1CC1. The van der Waals surface area contributed by atoms with E-state index < -0.39 is 5.60 Å². The van der Waals surface area contributed by atoms with Crippen molar-refractivity contribution in [3.8, 4) is 0 Å². The second-order valence-corrected chi connectivity index (χ2v) is 8.22. The van der Waals surface area contributed by atoms with Gasteiger partial charge in [-0.05, 0) is 58.9 Å². The van der Waals surface area contributed by atoms with Gasteiger partial charge in [0.2, 0.25) is 5.91 Å². The number of piperidine rings is 1. The Kier molecular flexibility index (Phi) is 5.21. The molecule has 1 unspecified atom stereocenters. The first-order valence-corrected chi connectivity index (χ1v) is 9.52. The standard InChI is InChI=1S/C20H29N3O3/c1-14(24)22-13-6-5-9-17(22)16-8-7-12-21-18(16)23(15-10-11-15)19(25)26-20(2,3)4/h7-8,12,15,17H,5-6,9-11,13H2,1-4H3. The van der Waals surface area contributed by atoms with Gasteiger partial charge in [0.05, 0.1) is 6.04 Å². The van der Waals surface area contributed by atoms with E-state index in [9.17, 15) is 9.59 Å². The Morgan fingerprint density at radius 3 is 2.58 bits per heavy atom. The Morgan fingerprint density at radius 2 is 1.96 bits per heavy atom. The number of hydrogen-bond acceptors (Lipinski definition) is 4. The number of amides is 2. The highest BCUT2D eigenvalue weighted by Gasteiger charge is 2.40. The van der Waals surface area contributed by atoms with Crippen LogP contribution in [0, 0.1) is 0 Å². The second kappa shape index (κ2) is 7.25. The van der Waals surface area contributed by atoms with Crippen LogP contribution in [0.4, 0.5) is 10.6 Å². The number of pyridine rings is 1. The fourth-order valence-electron chi connectivity index (χ4n) is 3.55. The summed E-state index contributed by atoms with van der Waals surface area (Å²) in [5.41, 5.74) is 0.384. The number of anilines is 1. The van der Waals surface area contributed by atoms with E-state index in [0.717, 1.165) is 44.2 Å². The molecule has 26 heavy (non-hydrogen) atoms. The van der Waals surface area contributed by atoms with E-state index in [1.165, 1.54) is 0 Å². The van der Waals surface area contributed by atoms with Crippen LogP contribution in [0.15, 0.2) is 18.3 Å². The lowest BCUT2D eigenvalue weighted by molar-refractivity contribution is -0.132. The molecule has 1 aliphatic heterocycles. The van der Waals surface area contributed by atoms with E-state index in [0.29, 0.717) is 5.82 Å². The summed E-state index contributed by atoms with van der Waals surface area (Å²) in [6.45, 7) is 7.97. The lowest BCUT2D eigenvalue weighted by atomic mass is 9.95. The average molecular weight is 359 g/mol. The van der Waals surface area contributed by atoms with E-state index in [4.69, 9.17) is 4.74 Å². The third-order valence-corrected chi connectivity index (χ3v) is 4.81. The summed E-state index contributed by atoms with van der Waals surface area (Å²) in [6.07, 6.45) is 6.24. The lowest BCUT2D eigenvalue weighted by Crippen LogP contribution is -2.41. The van der Waals surface area contributed by atoms with Crippen LogP contribution in [-0.2, 0) is 9.53 Å². The van der Waals surface area contributed by atoms with Gasteiger partial charge in [-0.3, -0.25) is 9.69 Å². The number of rotatable bonds is 3. The number of aromatic nitrogens is 1. The molecule has 142 valence electrons. The van der Waals surface area contributed by atoms with Gasteiger partial charge >= 0.3 is 6.09 Å². The molecule has 1 saturated heterocycles. The molecule has 3 rings (SSSR count). The van der Waals surface area contributed by atoms with Crippen LogP contribution < -0.4 is 4.90 Å². The number of carbonyl (C=O) groups excluding carboxylic acids is 2. The van der Waals surface area contributed by atoms with Crippen LogP contribution in [0.5, 0.6) is 0 Å². The first-order chi connectivity index (χ1) is 12.3. The van der Waals surface area contributed by atoms with Crippen LogP contribution in [0.25, 0.3) is 0 Å². The third-order valence-electron chi connectivity index (χ3n) is 4.81. The summed E-state index contributed by atoms with van der Waals surface area (Å²) in [6, 6.07) is 3.97. The second-order valence-electron chi connectivity index (χ2n) is 8.22. The predicted molar refractivity (Wildman–Crippen MR) is 100.0 cm³/mol. The summed E-state index contributed by atoms with van der Waals surface area (Å²) < 4.78 is 5.64. The Bertz CT molecular complexity index is 679. The maximum Gasteiger partial charge on any atom is 0.416 e. The summed E-state index contributed by atoms with van der Waals surface area (Å²) in [5, 5.41) is 0. The summed E-state index contributed by atoms with van der Waals surface area (Å²) in [7, 11) is 0. The van der Waals surface area contributed by atoms with Gasteiger partial charge in [-0.1, -0.05) is 6.07 Å². The highest BCUT2D eigenvalue weighted by atomic mass is 16.6. The zero-order chi connectivity index (χ0) is 18.9. The van der Waals surface area contributed by atoms with Gasteiger partial charge in [-0.25, -0.2) is 9.78 Å². The van der Waals surface area contributed by atoms with Crippen molar-refractivity contribution in [2.24, 2.45) is 0 Å². The third kappa shape index (κ3) is 4.17. The number of likely N-dealkylation sites (tertiary alicyclic amines) is 1. The van der Waals surface area contributed by atoms with E-state index in [1.54, 1.807) is 18.0 Å². The van der Waals surface area contributed by atoms with Crippen molar-refractivity contribution in [3.05, 3.63) is 23.9 Å². The molecule has 6 nitrogen and oxygen atoms in total. The molecule has 2 heterocycles. The first-order valence-electron chi connectivity index (χ1n) is 9.52. The van der Waals surface area contributed by atoms with E-state index in [-0.39, 0.29) is 24.1 Å². The smallest absolute Gasteiger partial charge is 0.416 e. The predicted octanol–water partition coefficient (Wildman–Crippen LogP) is 4.06. The van der Waals surface area contributed by atoms with Gasteiger partial charge in [0.15, 0.2) is 0 Å². The van der Waals surface area contributed by atoms with Crippen LogP contribution in [0.2, 0.25) is 0 Å². The van der Waals surface area contributed by atoms with Crippen LogP contribution in [0.1, 0.15) is 71.4 Å². The van der Waals surface area contributed by atoms with Crippen LogP contribution in [-0.4, -0.2) is 40.1 Å². The molecule has 2 fully saturated rings. The number of carbonyl (C=O) groups is 2. The molecule has 1 saturated carbocycles. The molecule has 2 amide bonds. The number of ether oxygens (including phenoxy) is 1. The quantitative estimate of drug-likeness (QED) is 0.816. The largest absolute Gasteiger partial charge is 0.443 e. The minimum atomic E-state index is -0.560. The zero-order valence-corrected chi connectivity index (χ0v) is 16.2. The number of nitrogens with zero attached hydrogens (tertiary/aromatic N) is 3. The first kappa shape index (κ1) is 18.7. The topological polar surface area (TPSA) is 62.7 Å². The fraction of sp³-hybridized carbons (Fsp3) is 0.650. The van der Waals surface area contributed by atoms with Gasteiger partial charge in [-0.2, -0.15) is 0 Å². The van der Waals surface area contributed by atoms with E-state index >= 15 is 0 Å². The monoisotopic (exact) mass is 359 g/mol.